The normalized spacial score (nSPS) is 10.8. The highest BCUT2D eigenvalue weighted by molar-refractivity contribution is 6.35. The number of amides is 1. The Morgan fingerprint density at radius 1 is 1.14 bits per heavy atom. The van der Waals surface area contributed by atoms with Crippen LogP contribution in [-0.4, -0.2) is 26.0 Å². The van der Waals surface area contributed by atoms with E-state index in [1.54, 1.807) is 35.1 Å². The minimum Gasteiger partial charge on any atom is -0.508 e. The predicted molar refractivity (Wildman–Crippen MR) is 109 cm³/mol. The van der Waals surface area contributed by atoms with E-state index in [4.69, 9.17) is 27.7 Å². The topological polar surface area (TPSA) is 93.2 Å². The van der Waals surface area contributed by atoms with Crippen molar-refractivity contribution in [2.45, 2.75) is 6.54 Å². The number of anilines is 1. The highest BCUT2D eigenvalue weighted by atomic mass is 35.5. The van der Waals surface area contributed by atoms with Gasteiger partial charge in [0.2, 0.25) is 0 Å². The average Bonchev–Trinajstić information content (AvgIpc) is 3.34. The van der Waals surface area contributed by atoms with Gasteiger partial charge < -0.3 is 14.9 Å². The second kappa shape index (κ2) is 7.98. The number of halogens is 2. The second-order valence-electron chi connectivity index (χ2n) is 6.24. The molecule has 4 aromatic rings. The standard InChI is InChI=1S/C20H14Cl2N4O3/c21-14-4-1-13(17(22)7-14)10-26-11-15(9-23-26)24-20(28)18-8-19(29-25-18)12-2-5-16(27)6-3-12/h1-9,11,27H,10H2,(H,24,28). The number of aromatic nitrogens is 3. The van der Waals surface area contributed by atoms with Gasteiger partial charge in [-0.25, -0.2) is 0 Å². The van der Waals surface area contributed by atoms with E-state index in [2.05, 4.69) is 15.6 Å². The average molecular weight is 429 g/mol. The molecule has 1 amide bonds. The zero-order chi connectivity index (χ0) is 20.4. The molecule has 0 unspecified atom stereocenters. The number of phenolic OH excluding ortho intramolecular Hbond substituents is 1. The molecule has 0 atom stereocenters. The van der Waals surface area contributed by atoms with Gasteiger partial charge in [0, 0.05) is 27.9 Å². The molecule has 0 bridgehead atoms. The van der Waals surface area contributed by atoms with Crippen LogP contribution in [0, 0.1) is 0 Å². The first-order valence-corrected chi connectivity index (χ1v) is 9.27. The summed E-state index contributed by atoms with van der Waals surface area (Å²) in [5.41, 5.74) is 2.19. The van der Waals surface area contributed by atoms with Crippen molar-refractivity contribution in [1.82, 2.24) is 14.9 Å². The molecule has 2 heterocycles. The van der Waals surface area contributed by atoms with E-state index in [1.807, 2.05) is 6.07 Å². The molecule has 146 valence electrons. The predicted octanol–water partition coefficient (Wildman–Crippen LogP) is 4.85. The lowest BCUT2D eigenvalue weighted by molar-refractivity contribution is 0.101. The van der Waals surface area contributed by atoms with Crippen molar-refractivity contribution in [1.29, 1.82) is 0 Å². The van der Waals surface area contributed by atoms with Crippen LogP contribution in [0.25, 0.3) is 11.3 Å². The Hall–Kier alpha value is -3.29. The fraction of sp³-hybridized carbons (Fsp3) is 0.0500. The van der Waals surface area contributed by atoms with Crippen LogP contribution in [-0.2, 0) is 6.54 Å². The molecule has 0 radical (unpaired) electrons. The maximum atomic E-state index is 12.4. The fourth-order valence-corrected chi connectivity index (χ4v) is 3.15. The van der Waals surface area contributed by atoms with Crippen LogP contribution in [0.1, 0.15) is 16.1 Å². The summed E-state index contributed by atoms with van der Waals surface area (Å²) in [7, 11) is 0. The van der Waals surface area contributed by atoms with Gasteiger partial charge in [0.1, 0.15) is 5.75 Å². The molecule has 0 saturated heterocycles. The largest absolute Gasteiger partial charge is 0.508 e. The number of rotatable bonds is 5. The maximum Gasteiger partial charge on any atom is 0.277 e. The fourth-order valence-electron chi connectivity index (χ4n) is 2.68. The van der Waals surface area contributed by atoms with Crippen LogP contribution in [0.4, 0.5) is 5.69 Å². The van der Waals surface area contributed by atoms with Gasteiger partial charge in [-0.1, -0.05) is 34.4 Å². The Bertz CT molecular complexity index is 1170. The van der Waals surface area contributed by atoms with E-state index in [-0.39, 0.29) is 11.4 Å². The summed E-state index contributed by atoms with van der Waals surface area (Å²) < 4.78 is 6.87. The molecular weight excluding hydrogens is 415 g/mol. The van der Waals surface area contributed by atoms with Gasteiger partial charge in [-0.3, -0.25) is 9.48 Å². The highest BCUT2D eigenvalue weighted by Crippen LogP contribution is 2.24. The highest BCUT2D eigenvalue weighted by Gasteiger charge is 2.15. The first-order chi connectivity index (χ1) is 14.0. The smallest absolute Gasteiger partial charge is 0.277 e. The summed E-state index contributed by atoms with van der Waals surface area (Å²) >= 11 is 12.1. The minimum atomic E-state index is -0.428. The summed E-state index contributed by atoms with van der Waals surface area (Å²) in [6.45, 7) is 0.431. The number of benzene rings is 2. The Labute approximate surface area is 175 Å². The van der Waals surface area contributed by atoms with Crippen molar-refractivity contribution < 1.29 is 14.4 Å². The summed E-state index contributed by atoms with van der Waals surface area (Å²) in [4.78, 5) is 12.4. The molecule has 7 nitrogen and oxygen atoms in total. The van der Waals surface area contributed by atoms with Crippen molar-refractivity contribution in [3.63, 3.8) is 0 Å². The molecule has 9 heteroatoms. The van der Waals surface area contributed by atoms with Crippen molar-refractivity contribution in [3.05, 3.63) is 82.2 Å². The van der Waals surface area contributed by atoms with Gasteiger partial charge in [-0.15, -0.1) is 0 Å². The number of nitrogens with one attached hydrogen (secondary N) is 1. The van der Waals surface area contributed by atoms with Crippen LogP contribution >= 0.6 is 23.2 Å². The Morgan fingerprint density at radius 2 is 1.93 bits per heavy atom. The van der Waals surface area contributed by atoms with Crippen molar-refractivity contribution in [2.24, 2.45) is 0 Å². The van der Waals surface area contributed by atoms with E-state index in [9.17, 15) is 9.90 Å². The van der Waals surface area contributed by atoms with Gasteiger partial charge in [-0.05, 0) is 42.0 Å². The van der Waals surface area contributed by atoms with Gasteiger partial charge >= 0.3 is 0 Å². The number of carbonyl (C=O) groups is 1. The van der Waals surface area contributed by atoms with Crippen molar-refractivity contribution >= 4 is 34.8 Å². The third kappa shape index (κ3) is 4.42. The van der Waals surface area contributed by atoms with Crippen LogP contribution in [0.2, 0.25) is 10.0 Å². The zero-order valence-electron chi connectivity index (χ0n) is 14.8. The Morgan fingerprint density at radius 3 is 2.69 bits per heavy atom. The summed E-state index contributed by atoms with van der Waals surface area (Å²) in [6.07, 6.45) is 3.21. The molecule has 4 rings (SSSR count). The van der Waals surface area contributed by atoms with E-state index >= 15 is 0 Å². The number of nitrogens with zero attached hydrogens (tertiary/aromatic N) is 3. The maximum absolute atomic E-state index is 12.4. The van der Waals surface area contributed by atoms with Crippen molar-refractivity contribution in [2.75, 3.05) is 5.32 Å². The van der Waals surface area contributed by atoms with Crippen LogP contribution in [0.15, 0.2) is 65.4 Å². The SMILES string of the molecule is O=C(Nc1cnn(Cc2ccc(Cl)cc2Cl)c1)c1cc(-c2ccc(O)cc2)on1. The van der Waals surface area contributed by atoms with E-state index in [0.29, 0.717) is 33.6 Å². The molecule has 0 aliphatic heterocycles. The van der Waals surface area contributed by atoms with Gasteiger partial charge in [-0.2, -0.15) is 5.10 Å². The van der Waals surface area contributed by atoms with Gasteiger partial charge in [0.15, 0.2) is 11.5 Å². The number of hydrogen-bond acceptors (Lipinski definition) is 5. The molecule has 0 fully saturated rings. The van der Waals surface area contributed by atoms with Crippen LogP contribution in [0.5, 0.6) is 5.75 Å². The summed E-state index contributed by atoms with van der Waals surface area (Å²) in [6, 6.07) is 13.2. The van der Waals surface area contributed by atoms with Gasteiger partial charge in [0.05, 0.1) is 18.4 Å². The van der Waals surface area contributed by atoms with E-state index in [0.717, 1.165) is 5.56 Å². The lowest BCUT2D eigenvalue weighted by Crippen LogP contribution is -2.11. The van der Waals surface area contributed by atoms with E-state index in [1.165, 1.54) is 24.4 Å². The second-order valence-corrected chi connectivity index (χ2v) is 7.08. The number of carbonyl (C=O) groups excluding carboxylic acids is 1. The molecule has 0 spiro atoms. The minimum absolute atomic E-state index is 0.126. The molecule has 2 N–H and O–H groups in total. The van der Waals surface area contributed by atoms with Crippen LogP contribution < -0.4 is 5.32 Å². The summed E-state index contributed by atoms with van der Waals surface area (Å²) in [5.74, 6) is 0.134. The molecule has 2 aromatic carbocycles. The van der Waals surface area contributed by atoms with Crippen molar-refractivity contribution in [3.8, 4) is 17.1 Å². The Balaban J connectivity index is 1.43. The third-order valence-corrected chi connectivity index (χ3v) is 4.72. The molecule has 0 aliphatic carbocycles. The van der Waals surface area contributed by atoms with E-state index < -0.39 is 5.91 Å². The van der Waals surface area contributed by atoms with Gasteiger partial charge in [0.25, 0.3) is 5.91 Å². The third-order valence-electron chi connectivity index (χ3n) is 4.13. The quantitative estimate of drug-likeness (QED) is 0.473. The molecular formula is C20H14Cl2N4O3. The number of phenols is 1. The number of hydrogen-bond donors (Lipinski definition) is 2. The summed E-state index contributed by atoms with van der Waals surface area (Å²) in [5, 5.41) is 21.2. The zero-order valence-corrected chi connectivity index (χ0v) is 16.4. The molecule has 29 heavy (non-hydrogen) atoms. The lowest BCUT2D eigenvalue weighted by atomic mass is 10.1. The first kappa shape index (κ1) is 19.0. The first-order valence-electron chi connectivity index (χ1n) is 8.52. The Kier molecular flexibility index (Phi) is 5.24. The molecule has 0 saturated carbocycles. The number of aromatic hydroxyl groups is 1. The van der Waals surface area contributed by atoms with Crippen LogP contribution in [0.3, 0.4) is 0 Å². The monoisotopic (exact) mass is 428 g/mol. The lowest BCUT2D eigenvalue weighted by Gasteiger charge is -2.05. The molecule has 2 aromatic heterocycles. The molecule has 0 aliphatic rings.